The average molecular weight is 267 g/mol. The highest BCUT2D eigenvalue weighted by molar-refractivity contribution is 8.01. The van der Waals surface area contributed by atoms with E-state index in [2.05, 4.69) is 14.3 Å². The van der Waals surface area contributed by atoms with Crippen molar-refractivity contribution in [1.29, 1.82) is 0 Å². The third kappa shape index (κ3) is 3.24. The number of hydrogen-bond donors (Lipinski definition) is 1. The molecule has 0 aromatic carbocycles. The lowest BCUT2D eigenvalue weighted by Crippen LogP contribution is -1.94. The van der Waals surface area contributed by atoms with Gasteiger partial charge in [-0.15, -0.1) is 0 Å². The normalized spacial score (nSPS) is 12.6. The molecule has 0 saturated carbocycles. The van der Waals surface area contributed by atoms with E-state index in [1.54, 1.807) is 24.9 Å². The second-order valence-corrected chi connectivity index (χ2v) is 5.60. The summed E-state index contributed by atoms with van der Waals surface area (Å²) in [5, 5.41) is 9.35. The molecule has 0 spiro atoms. The minimum absolute atomic E-state index is 0.526. The van der Waals surface area contributed by atoms with Crippen molar-refractivity contribution in [3.63, 3.8) is 0 Å². The number of aliphatic hydroxyl groups excluding tert-OH is 1. The van der Waals surface area contributed by atoms with Gasteiger partial charge in [0.25, 0.3) is 0 Å². The van der Waals surface area contributed by atoms with Crippen LogP contribution in [0.25, 0.3) is 0 Å². The molecule has 2 heterocycles. The quantitative estimate of drug-likeness (QED) is 0.923. The zero-order chi connectivity index (χ0) is 12.3. The number of aliphatic hydroxyl groups is 1. The highest BCUT2D eigenvalue weighted by Crippen LogP contribution is 2.28. The molecule has 0 unspecified atom stereocenters. The van der Waals surface area contributed by atoms with Crippen molar-refractivity contribution in [3.05, 3.63) is 29.8 Å². The maximum atomic E-state index is 9.35. The standard InChI is InChI=1S/C11H13N3OS2/c1-3-10-13-11(17-14-10)16-8-4-5-9(7(2)15)12-6-8/h4-7,15H,3H2,1-2H3/t7-/m1/s1. The lowest BCUT2D eigenvalue weighted by molar-refractivity contribution is 0.194. The fraction of sp³-hybridized carbons (Fsp3) is 0.364. The monoisotopic (exact) mass is 267 g/mol. The van der Waals surface area contributed by atoms with Crippen LogP contribution in [0.5, 0.6) is 0 Å². The number of pyridine rings is 1. The number of rotatable bonds is 4. The van der Waals surface area contributed by atoms with Crippen LogP contribution >= 0.6 is 23.3 Å². The number of aromatic nitrogens is 3. The summed E-state index contributed by atoms with van der Waals surface area (Å²) in [5.41, 5.74) is 0.681. The van der Waals surface area contributed by atoms with Crippen molar-refractivity contribution < 1.29 is 5.11 Å². The molecule has 4 nitrogen and oxygen atoms in total. The summed E-state index contributed by atoms with van der Waals surface area (Å²) < 4.78 is 5.15. The summed E-state index contributed by atoms with van der Waals surface area (Å²) in [6.07, 6.45) is 2.08. The smallest absolute Gasteiger partial charge is 0.174 e. The molecule has 0 radical (unpaired) electrons. The molecule has 0 fully saturated rings. The van der Waals surface area contributed by atoms with Gasteiger partial charge < -0.3 is 5.11 Å². The van der Waals surface area contributed by atoms with Crippen molar-refractivity contribution in [2.45, 2.75) is 35.6 Å². The number of nitrogens with zero attached hydrogens (tertiary/aromatic N) is 3. The van der Waals surface area contributed by atoms with Gasteiger partial charge in [0.15, 0.2) is 4.34 Å². The Kier molecular flexibility index (Phi) is 4.09. The van der Waals surface area contributed by atoms with Crippen LogP contribution < -0.4 is 0 Å². The lowest BCUT2D eigenvalue weighted by atomic mass is 10.2. The Balaban J connectivity index is 2.08. The second kappa shape index (κ2) is 5.57. The fourth-order valence-electron chi connectivity index (χ4n) is 1.22. The average Bonchev–Trinajstić information content (AvgIpc) is 2.77. The van der Waals surface area contributed by atoms with E-state index in [1.165, 1.54) is 11.5 Å². The van der Waals surface area contributed by atoms with Crippen LogP contribution in [0.2, 0.25) is 0 Å². The minimum atomic E-state index is -0.526. The zero-order valence-corrected chi connectivity index (χ0v) is 11.3. The van der Waals surface area contributed by atoms with E-state index in [0.717, 1.165) is 21.5 Å². The predicted octanol–water partition coefficient (Wildman–Crippen LogP) is 2.70. The molecule has 0 aliphatic carbocycles. The van der Waals surface area contributed by atoms with Crippen LogP contribution in [0.4, 0.5) is 0 Å². The van der Waals surface area contributed by atoms with Crippen molar-refractivity contribution in [2.75, 3.05) is 0 Å². The first kappa shape index (κ1) is 12.5. The molecule has 1 N–H and O–H groups in total. The first-order valence-corrected chi connectivity index (χ1v) is 6.92. The molecule has 17 heavy (non-hydrogen) atoms. The highest BCUT2D eigenvalue weighted by Gasteiger charge is 2.06. The van der Waals surface area contributed by atoms with Gasteiger partial charge in [-0.2, -0.15) is 4.37 Å². The van der Waals surface area contributed by atoms with Gasteiger partial charge in [0.1, 0.15) is 5.82 Å². The molecule has 0 aliphatic heterocycles. The van der Waals surface area contributed by atoms with Gasteiger partial charge in [-0.25, -0.2) is 4.98 Å². The third-order valence-electron chi connectivity index (χ3n) is 2.16. The zero-order valence-electron chi connectivity index (χ0n) is 9.62. The highest BCUT2D eigenvalue weighted by atomic mass is 32.2. The Hall–Kier alpha value is -0.980. The molecule has 1 atom stereocenters. The Bertz CT molecular complexity index is 482. The van der Waals surface area contributed by atoms with Crippen LogP contribution in [0, 0.1) is 0 Å². The Morgan fingerprint density at radius 2 is 2.29 bits per heavy atom. The summed E-state index contributed by atoms with van der Waals surface area (Å²) in [6, 6.07) is 3.77. The second-order valence-electron chi connectivity index (χ2n) is 3.53. The maximum Gasteiger partial charge on any atom is 0.174 e. The molecular weight excluding hydrogens is 254 g/mol. The summed E-state index contributed by atoms with van der Waals surface area (Å²) in [6.45, 7) is 3.74. The van der Waals surface area contributed by atoms with Gasteiger partial charge in [-0.1, -0.05) is 18.7 Å². The summed E-state index contributed by atoms with van der Waals surface area (Å²) >= 11 is 2.95. The molecule has 2 aromatic rings. The van der Waals surface area contributed by atoms with Gasteiger partial charge in [-0.3, -0.25) is 4.98 Å². The van der Waals surface area contributed by atoms with Gasteiger partial charge >= 0.3 is 0 Å². The SMILES string of the molecule is CCc1nsc(Sc2ccc([C@@H](C)O)nc2)n1. The van der Waals surface area contributed by atoms with Crippen molar-refractivity contribution in [3.8, 4) is 0 Å². The van der Waals surface area contributed by atoms with E-state index >= 15 is 0 Å². The molecule has 0 aliphatic rings. The van der Waals surface area contributed by atoms with Crippen molar-refractivity contribution in [2.24, 2.45) is 0 Å². The topological polar surface area (TPSA) is 58.9 Å². The summed E-state index contributed by atoms with van der Waals surface area (Å²) in [7, 11) is 0. The molecule has 0 amide bonds. The molecule has 2 aromatic heterocycles. The van der Waals surface area contributed by atoms with Crippen LogP contribution in [-0.4, -0.2) is 19.4 Å². The van der Waals surface area contributed by atoms with E-state index < -0.39 is 6.10 Å². The van der Waals surface area contributed by atoms with Crippen molar-refractivity contribution >= 4 is 23.3 Å². The van der Waals surface area contributed by atoms with Crippen LogP contribution in [0.3, 0.4) is 0 Å². The Labute approximate surface area is 108 Å². The number of hydrogen-bond acceptors (Lipinski definition) is 6. The first-order chi connectivity index (χ1) is 8.19. The summed E-state index contributed by atoms with van der Waals surface area (Å²) in [4.78, 5) is 9.57. The molecule has 2 rings (SSSR count). The van der Waals surface area contributed by atoms with Crippen LogP contribution in [-0.2, 0) is 6.42 Å². The lowest BCUT2D eigenvalue weighted by Gasteiger charge is -2.03. The largest absolute Gasteiger partial charge is 0.387 e. The van der Waals surface area contributed by atoms with Gasteiger partial charge in [0.2, 0.25) is 0 Å². The molecule has 6 heteroatoms. The Morgan fingerprint density at radius 3 is 2.82 bits per heavy atom. The third-order valence-corrected chi connectivity index (χ3v) is 3.92. The van der Waals surface area contributed by atoms with E-state index in [1.807, 2.05) is 19.1 Å². The minimum Gasteiger partial charge on any atom is -0.387 e. The maximum absolute atomic E-state index is 9.35. The number of aryl methyl sites for hydroxylation is 1. The predicted molar refractivity (Wildman–Crippen MR) is 68.3 cm³/mol. The first-order valence-electron chi connectivity index (χ1n) is 5.33. The fourth-order valence-corrected chi connectivity index (χ4v) is 2.87. The van der Waals surface area contributed by atoms with Gasteiger partial charge in [0.05, 0.1) is 11.8 Å². The van der Waals surface area contributed by atoms with E-state index in [0.29, 0.717) is 5.69 Å². The van der Waals surface area contributed by atoms with E-state index in [9.17, 15) is 5.11 Å². The molecule has 0 bridgehead atoms. The van der Waals surface area contributed by atoms with E-state index in [4.69, 9.17) is 0 Å². The molecule has 90 valence electrons. The molecule has 0 saturated heterocycles. The van der Waals surface area contributed by atoms with Gasteiger partial charge in [-0.05, 0) is 30.6 Å². The van der Waals surface area contributed by atoms with Crippen LogP contribution in [0.1, 0.15) is 31.5 Å². The van der Waals surface area contributed by atoms with Gasteiger partial charge in [0, 0.05) is 17.5 Å². The molecular formula is C11H13N3OS2. The van der Waals surface area contributed by atoms with Crippen molar-refractivity contribution in [1.82, 2.24) is 14.3 Å². The van der Waals surface area contributed by atoms with Crippen LogP contribution in [0.15, 0.2) is 27.6 Å². The van der Waals surface area contributed by atoms with E-state index in [-0.39, 0.29) is 0 Å². The Morgan fingerprint density at radius 1 is 1.47 bits per heavy atom. The summed E-state index contributed by atoms with van der Waals surface area (Å²) in [5.74, 6) is 0.881.